The van der Waals surface area contributed by atoms with Crippen LogP contribution in [0.2, 0.25) is 0 Å². The van der Waals surface area contributed by atoms with E-state index in [1.165, 1.54) is 12.1 Å². The fourth-order valence-corrected chi connectivity index (χ4v) is 3.23. The van der Waals surface area contributed by atoms with Crippen LogP contribution in [0.5, 0.6) is 0 Å². The number of ether oxygens (including phenoxy) is 1. The van der Waals surface area contributed by atoms with Crippen LogP contribution < -0.4 is 0 Å². The summed E-state index contributed by atoms with van der Waals surface area (Å²) in [6.45, 7) is 8.42. The molecule has 0 spiro atoms. The van der Waals surface area contributed by atoms with Crippen LogP contribution in [0.15, 0.2) is 12.1 Å². The molecular formula is C17H24N2O4. The second-order valence-corrected chi connectivity index (χ2v) is 6.57. The van der Waals surface area contributed by atoms with Crippen LogP contribution in [-0.4, -0.2) is 52.7 Å². The van der Waals surface area contributed by atoms with E-state index in [4.69, 9.17) is 9.84 Å². The number of aromatic carboxylic acids is 1. The molecule has 0 saturated heterocycles. The molecule has 2 unspecified atom stereocenters. The second kappa shape index (κ2) is 6.28. The van der Waals surface area contributed by atoms with Gasteiger partial charge in [-0.25, -0.2) is 9.78 Å². The number of rotatable bonds is 5. The number of carboxylic acids is 1. The molecule has 6 nitrogen and oxygen atoms in total. The fourth-order valence-electron chi connectivity index (χ4n) is 3.23. The number of pyridine rings is 1. The van der Waals surface area contributed by atoms with Crippen molar-refractivity contribution < 1.29 is 19.4 Å². The molecule has 1 heterocycles. The number of nitrogens with zero attached hydrogens (tertiary/aromatic N) is 2. The van der Waals surface area contributed by atoms with E-state index in [0.717, 1.165) is 6.42 Å². The first-order chi connectivity index (χ1) is 10.7. The minimum absolute atomic E-state index is 0.0767. The van der Waals surface area contributed by atoms with Gasteiger partial charge in [0.05, 0.1) is 17.4 Å². The van der Waals surface area contributed by atoms with Crippen LogP contribution in [0.4, 0.5) is 0 Å². The molecule has 1 amide bonds. The van der Waals surface area contributed by atoms with Crippen LogP contribution in [0.25, 0.3) is 0 Å². The van der Waals surface area contributed by atoms with Gasteiger partial charge in [-0.2, -0.15) is 0 Å². The Bertz CT molecular complexity index is 627. The highest BCUT2D eigenvalue weighted by Crippen LogP contribution is 2.45. The standard InChI is InChI=1S/C17H24N2O4/c1-6-23-14-9-13(17(14,3)4)19(5)15(20)12-8-7-11(16(21)22)10(2)18-12/h7-8,13-14H,6,9H2,1-5H3,(H,21,22). The van der Waals surface area contributed by atoms with E-state index in [1.54, 1.807) is 18.9 Å². The summed E-state index contributed by atoms with van der Waals surface area (Å²) in [6, 6.07) is 2.98. The Morgan fingerprint density at radius 3 is 2.57 bits per heavy atom. The lowest BCUT2D eigenvalue weighted by Crippen LogP contribution is -2.62. The van der Waals surface area contributed by atoms with E-state index >= 15 is 0 Å². The largest absolute Gasteiger partial charge is 0.478 e. The maximum Gasteiger partial charge on any atom is 0.337 e. The Morgan fingerprint density at radius 1 is 1.43 bits per heavy atom. The highest BCUT2D eigenvalue weighted by Gasteiger charge is 2.51. The number of hydrogen-bond donors (Lipinski definition) is 1. The highest BCUT2D eigenvalue weighted by molar-refractivity contribution is 5.94. The van der Waals surface area contributed by atoms with Gasteiger partial charge in [0.25, 0.3) is 5.91 Å². The molecule has 1 aromatic heterocycles. The Morgan fingerprint density at radius 2 is 2.09 bits per heavy atom. The summed E-state index contributed by atoms with van der Waals surface area (Å²) in [5.41, 5.74) is 0.614. The zero-order valence-corrected chi connectivity index (χ0v) is 14.3. The summed E-state index contributed by atoms with van der Waals surface area (Å²) in [6.07, 6.45) is 0.951. The molecule has 1 aliphatic carbocycles. The lowest BCUT2D eigenvalue weighted by molar-refractivity contribution is -0.136. The molecule has 1 N–H and O–H groups in total. The summed E-state index contributed by atoms with van der Waals surface area (Å²) in [4.78, 5) is 29.5. The number of carbonyl (C=O) groups excluding carboxylic acids is 1. The minimum Gasteiger partial charge on any atom is -0.478 e. The third-order valence-electron chi connectivity index (χ3n) is 4.82. The molecule has 0 radical (unpaired) electrons. The van der Waals surface area contributed by atoms with Crippen molar-refractivity contribution >= 4 is 11.9 Å². The van der Waals surface area contributed by atoms with E-state index in [1.807, 2.05) is 6.92 Å². The van der Waals surface area contributed by atoms with Crippen molar-refractivity contribution in [1.29, 1.82) is 0 Å². The molecule has 0 aliphatic heterocycles. The molecular weight excluding hydrogens is 296 g/mol. The average molecular weight is 320 g/mol. The topological polar surface area (TPSA) is 79.7 Å². The molecule has 126 valence electrons. The maximum atomic E-state index is 12.6. The van der Waals surface area contributed by atoms with Gasteiger partial charge in [-0.3, -0.25) is 4.79 Å². The third kappa shape index (κ3) is 3.08. The van der Waals surface area contributed by atoms with Crippen LogP contribution in [-0.2, 0) is 4.74 Å². The van der Waals surface area contributed by atoms with Crippen molar-refractivity contribution in [1.82, 2.24) is 9.88 Å². The van der Waals surface area contributed by atoms with Crippen molar-refractivity contribution in [3.05, 3.63) is 29.1 Å². The van der Waals surface area contributed by atoms with E-state index in [2.05, 4.69) is 18.8 Å². The van der Waals surface area contributed by atoms with E-state index in [-0.39, 0.29) is 34.7 Å². The Balaban J connectivity index is 2.15. The molecule has 6 heteroatoms. The molecule has 1 aromatic rings. The second-order valence-electron chi connectivity index (χ2n) is 6.57. The zero-order chi connectivity index (χ0) is 17.4. The van der Waals surface area contributed by atoms with Crippen LogP contribution >= 0.6 is 0 Å². The minimum atomic E-state index is -1.04. The van der Waals surface area contributed by atoms with Gasteiger partial charge in [-0.05, 0) is 32.4 Å². The summed E-state index contributed by atoms with van der Waals surface area (Å²) < 4.78 is 5.70. The van der Waals surface area contributed by atoms with E-state index in [9.17, 15) is 9.59 Å². The van der Waals surface area contributed by atoms with E-state index < -0.39 is 5.97 Å². The van der Waals surface area contributed by atoms with Gasteiger partial charge in [0.2, 0.25) is 0 Å². The van der Waals surface area contributed by atoms with Gasteiger partial charge in [-0.1, -0.05) is 13.8 Å². The number of amides is 1. The van der Waals surface area contributed by atoms with Crippen molar-refractivity contribution in [2.75, 3.05) is 13.7 Å². The smallest absolute Gasteiger partial charge is 0.337 e. The van der Waals surface area contributed by atoms with Gasteiger partial charge in [-0.15, -0.1) is 0 Å². The van der Waals surface area contributed by atoms with Gasteiger partial charge >= 0.3 is 5.97 Å². The summed E-state index contributed by atoms with van der Waals surface area (Å²) in [5.74, 6) is -1.24. The number of carbonyl (C=O) groups is 2. The number of aryl methyl sites for hydroxylation is 1. The summed E-state index contributed by atoms with van der Waals surface area (Å²) in [5, 5.41) is 9.04. The molecule has 1 fully saturated rings. The zero-order valence-electron chi connectivity index (χ0n) is 14.3. The first kappa shape index (κ1) is 17.4. The van der Waals surface area contributed by atoms with Gasteiger partial charge in [0.15, 0.2) is 0 Å². The van der Waals surface area contributed by atoms with Gasteiger partial charge in [0.1, 0.15) is 5.69 Å². The van der Waals surface area contributed by atoms with Gasteiger partial charge < -0.3 is 14.7 Å². The Hall–Kier alpha value is -1.95. The average Bonchev–Trinajstić information content (AvgIpc) is 2.49. The van der Waals surface area contributed by atoms with Crippen LogP contribution in [0, 0.1) is 12.3 Å². The first-order valence-corrected chi connectivity index (χ1v) is 7.79. The highest BCUT2D eigenvalue weighted by atomic mass is 16.5. The molecule has 1 saturated carbocycles. The van der Waals surface area contributed by atoms with Crippen molar-refractivity contribution in [2.45, 2.75) is 46.3 Å². The molecule has 1 aliphatic rings. The SMILES string of the molecule is CCOC1CC(N(C)C(=O)c2ccc(C(=O)O)c(C)n2)C1(C)C. The molecule has 2 rings (SSSR count). The van der Waals surface area contributed by atoms with E-state index in [0.29, 0.717) is 12.3 Å². The van der Waals surface area contributed by atoms with Crippen molar-refractivity contribution in [3.63, 3.8) is 0 Å². The normalized spacial score (nSPS) is 22.3. The Labute approximate surface area is 136 Å². The summed E-state index contributed by atoms with van der Waals surface area (Å²) >= 11 is 0. The molecule has 23 heavy (non-hydrogen) atoms. The van der Waals surface area contributed by atoms with Crippen molar-refractivity contribution in [2.24, 2.45) is 5.41 Å². The van der Waals surface area contributed by atoms with Crippen LogP contribution in [0.3, 0.4) is 0 Å². The number of aromatic nitrogens is 1. The lowest BCUT2D eigenvalue weighted by atomic mass is 9.63. The lowest BCUT2D eigenvalue weighted by Gasteiger charge is -2.54. The molecule has 0 bridgehead atoms. The predicted octanol–water partition coefficient (Wildman–Crippen LogP) is 2.36. The number of carboxylic acid groups (broad SMARTS) is 1. The van der Waals surface area contributed by atoms with Crippen molar-refractivity contribution in [3.8, 4) is 0 Å². The Kier molecular flexibility index (Phi) is 4.75. The molecule has 2 atom stereocenters. The van der Waals surface area contributed by atoms with Crippen LogP contribution in [0.1, 0.15) is 53.7 Å². The monoisotopic (exact) mass is 320 g/mol. The third-order valence-corrected chi connectivity index (χ3v) is 4.82. The first-order valence-electron chi connectivity index (χ1n) is 7.79. The quantitative estimate of drug-likeness (QED) is 0.901. The maximum absolute atomic E-state index is 12.6. The number of hydrogen-bond acceptors (Lipinski definition) is 4. The molecule has 0 aromatic carbocycles. The summed E-state index contributed by atoms with van der Waals surface area (Å²) in [7, 11) is 1.76. The fraction of sp³-hybridized carbons (Fsp3) is 0.588. The predicted molar refractivity (Wildman–Crippen MR) is 85.6 cm³/mol. The van der Waals surface area contributed by atoms with Gasteiger partial charge in [0, 0.05) is 25.1 Å².